The summed E-state index contributed by atoms with van der Waals surface area (Å²) in [5.74, 6) is -0.374. The highest BCUT2D eigenvalue weighted by atomic mass is 16.5. The predicted molar refractivity (Wildman–Crippen MR) is 96.9 cm³/mol. The van der Waals surface area contributed by atoms with E-state index < -0.39 is 0 Å². The Labute approximate surface area is 149 Å². The lowest BCUT2D eigenvalue weighted by molar-refractivity contribution is -0.139. The van der Waals surface area contributed by atoms with Gasteiger partial charge < -0.3 is 15.4 Å². The van der Waals surface area contributed by atoms with Crippen molar-refractivity contribution in [3.63, 3.8) is 0 Å². The predicted octanol–water partition coefficient (Wildman–Crippen LogP) is 2.34. The van der Waals surface area contributed by atoms with Crippen LogP contribution in [0.4, 0.5) is 4.79 Å². The molecule has 0 saturated heterocycles. The van der Waals surface area contributed by atoms with Gasteiger partial charge in [-0.3, -0.25) is 4.90 Å². The second-order valence-corrected chi connectivity index (χ2v) is 6.27. The molecule has 1 atom stereocenters. The second kappa shape index (κ2) is 8.67. The van der Waals surface area contributed by atoms with Crippen LogP contribution in [0.25, 0.3) is 0 Å². The van der Waals surface area contributed by atoms with E-state index in [0.29, 0.717) is 30.8 Å². The molecule has 0 aromatic heterocycles. The van der Waals surface area contributed by atoms with Crippen LogP contribution in [0.5, 0.6) is 0 Å². The number of nitrogens with zero attached hydrogens (tertiary/aromatic N) is 1. The van der Waals surface area contributed by atoms with E-state index in [4.69, 9.17) is 4.74 Å². The fourth-order valence-corrected chi connectivity index (χ4v) is 2.99. The largest absolute Gasteiger partial charge is 0.463 e. The van der Waals surface area contributed by atoms with Crippen LogP contribution in [-0.2, 0) is 16.1 Å². The van der Waals surface area contributed by atoms with Gasteiger partial charge in [0.1, 0.15) is 0 Å². The molecule has 25 heavy (non-hydrogen) atoms. The Bertz CT molecular complexity index is 670. The van der Waals surface area contributed by atoms with Crippen molar-refractivity contribution in [2.24, 2.45) is 0 Å². The van der Waals surface area contributed by atoms with Gasteiger partial charge in [-0.15, -0.1) is 0 Å². The minimum Gasteiger partial charge on any atom is -0.463 e. The number of carbonyl (C=O) groups excluding carboxylic acids is 2. The zero-order chi connectivity index (χ0) is 18.4. The fraction of sp³-hybridized carbons (Fsp3) is 0.474. The van der Waals surface area contributed by atoms with Crippen molar-refractivity contribution in [2.75, 3.05) is 20.2 Å². The third-order valence-electron chi connectivity index (χ3n) is 4.28. The molecule has 1 heterocycles. The first-order chi connectivity index (χ1) is 12.0. The summed E-state index contributed by atoms with van der Waals surface area (Å²) in [6.07, 6.45) is 0.632. The molecule has 1 aromatic carbocycles. The maximum Gasteiger partial charge on any atom is 0.337 e. The van der Waals surface area contributed by atoms with Gasteiger partial charge in [0.2, 0.25) is 0 Å². The highest BCUT2D eigenvalue weighted by Crippen LogP contribution is 2.18. The topological polar surface area (TPSA) is 70.7 Å². The first-order valence-electron chi connectivity index (χ1n) is 8.66. The third-order valence-corrected chi connectivity index (χ3v) is 4.28. The Morgan fingerprint density at radius 2 is 1.96 bits per heavy atom. The molecular formula is C19H27N3O3. The summed E-state index contributed by atoms with van der Waals surface area (Å²) >= 11 is 0. The molecule has 0 spiro atoms. The normalized spacial score (nSPS) is 17.3. The number of carbonyl (C=O) groups is 2. The van der Waals surface area contributed by atoms with Crippen LogP contribution in [0.15, 0.2) is 35.5 Å². The van der Waals surface area contributed by atoms with Crippen molar-refractivity contribution < 1.29 is 14.3 Å². The van der Waals surface area contributed by atoms with Crippen LogP contribution >= 0.6 is 0 Å². The lowest BCUT2D eigenvalue weighted by Gasteiger charge is -2.30. The molecule has 1 aliphatic heterocycles. The number of rotatable bonds is 7. The van der Waals surface area contributed by atoms with Crippen LogP contribution in [0, 0.1) is 6.92 Å². The summed E-state index contributed by atoms with van der Waals surface area (Å²) in [6, 6.07) is 7.58. The van der Waals surface area contributed by atoms with Gasteiger partial charge >= 0.3 is 12.0 Å². The van der Waals surface area contributed by atoms with E-state index in [9.17, 15) is 9.59 Å². The SMILES string of the molecule is CCOC(=O)C1=C(CN(C)Cc2ccccc2C)NC(=O)NC1CC. The lowest BCUT2D eigenvalue weighted by atomic mass is 10.00. The number of ether oxygens (including phenoxy) is 1. The van der Waals surface area contributed by atoms with Crippen molar-refractivity contribution in [2.45, 2.75) is 39.8 Å². The summed E-state index contributed by atoms with van der Waals surface area (Å²) in [5, 5.41) is 5.58. The number of nitrogens with one attached hydrogen (secondary N) is 2. The van der Waals surface area contributed by atoms with Gasteiger partial charge in [-0.25, -0.2) is 9.59 Å². The van der Waals surface area contributed by atoms with Gasteiger partial charge in [-0.1, -0.05) is 31.2 Å². The number of esters is 1. The maximum absolute atomic E-state index is 12.4. The molecule has 0 bridgehead atoms. The smallest absolute Gasteiger partial charge is 0.337 e. The maximum atomic E-state index is 12.4. The Balaban J connectivity index is 2.23. The Kier molecular flexibility index (Phi) is 6.58. The van der Waals surface area contributed by atoms with E-state index in [1.54, 1.807) is 6.92 Å². The quantitative estimate of drug-likeness (QED) is 0.744. The van der Waals surface area contributed by atoms with Crippen LogP contribution in [0.3, 0.4) is 0 Å². The lowest BCUT2D eigenvalue weighted by Crippen LogP contribution is -2.51. The average Bonchev–Trinajstić information content (AvgIpc) is 2.56. The highest BCUT2D eigenvalue weighted by Gasteiger charge is 2.31. The molecule has 0 fully saturated rings. The van der Waals surface area contributed by atoms with E-state index in [0.717, 1.165) is 6.54 Å². The van der Waals surface area contributed by atoms with Crippen molar-refractivity contribution in [3.05, 3.63) is 46.7 Å². The molecule has 0 aliphatic carbocycles. The molecule has 6 nitrogen and oxygen atoms in total. The molecule has 0 saturated carbocycles. The van der Waals surface area contributed by atoms with Crippen LogP contribution in [0.2, 0.25) is 0 Å². The fourth-order valence-electron chi connectivity index (χ4n) is 2.99. The molecule has 1 aliphatic rings. The first-order valence-corrected chi connectivity index (χ1v) is 8.66. The zero-order valence-corrected chi connectivity index (χ0v) is 15.4. The van der Waals surface area contributed by atoms with Crippen molar-refractivity contribution in [1.29, 1.82) is 0 Å². The summed E-state index contributed by atoms with van der Waals surface area (Å²) in [4.78, 5) is 26.4. The number of hydrogen-bond acceptors (Lipinski definition) is 4. The molecular weight excluding hydrogens is 318 g/mol. The van der Waals surface area contributed by atoms with Crippen molar-refractivity contribution in [3.8, 4) is 0 Å². The number of hydrogen-bond donors (Lipinski definition) is 2. The van der Waals surface area contributed by atoms with E-state index in [-0.39, 0.29) is 18.0 Å². The van der Waals surface area contributed by atoms with Gasteiger partial charge in [-0.2, -0.15) is 0 Å². The molecule has 136 valence electrons. The molecule has 2 rings (SSSR count). The molecule has 0 radical (unpaired) electrons. The standard InChI is InChI=1S/C19H27N3O3/c1-5-15-17(18(23)25-6-2)16(21-19(24)20-15)12-22(4)11-14-10-8-7-9-13(14)3/h7-10,15H,5-6,11-12H2,1-4H3,(H2,20,21,24). The molecule has 2 N–H and O–H groups in total. The summed E-state index contributed by atoms with van der Waals surface area (Å²) in [6.45, 7) is 7.28. The van der Waals surface area contributed by atoms with Crippen molar-refractivity contribution >= 4 is 12.0 Å². The Hall–Kier alpha value is -2.34. The number of aryl methyl sites for hydroxylation is 1. The van der Waals surface area contributed by atoms with Gasteiger partial charge in [0, 0.05) is 18.8 Å². The number of urea groups is 1. The van der Waals surface area contributed by atoms with E-state index in [1.165, 1.54) is 11.1 Å². The minimum absolute atomic E-state index is 0.279. The van der Waals surface area contributed by atoms with E-state index in [2.05, 4.69) is 34.6 Å². The first kappa shape index (κ1) is 19.0. The number of likely N-dealkylation sites (N-methyl/N-ethyl adjacent to an activating group) is 1. The highest BCUT2D eigenvalue weighted by molar-refractivity contribution is 5.94. The third kappa shape index (κ3) is 4.82. The molecule has 2 amide bonds. The van der Waals surface area contributed by atoms with Crippen LogP contribution < -0.4 is 10.6 Å². The minimum atomic E-state index is -0.374. The van der Waals surface area contributed by atoms with Crippen LogP contribution in [0.1, 0.15) is 31.4 Å². The van der Waals surface area contributed by atoms with Crippen LogP contribution in [-0.4, -0.2) is 43.1 Å². The Morgan fingerprint density at radius 3 is 2.60 bits per heavy atom. The molecule has 1 aromatic rings. The summed E-state index contributed by atoms with van der Waals surface area (Å²) < 4.78 is 5.19. The monoisotopic (exact) mass is 345 g/mol. The van der Waals surface area contributed by atoms with Gasteiger partial charge in [0.25, 0.3) is 0 Å². The zero-order valence-electron chi connectivity index (χ0n) is 15.4. The molecule has 1 unspecified atom stereocenters. The van der Waals surface area contributed by atoms with Gasteiger partial charge in [0.05, 0.1) is 18.2 Å². The Morgan fingerprint density at radius 1 is 1.24 bits per heavy atom. The van der Waals surface area contributed by atoms with Crippen molar-refractivity contribution in [1.82, 2.24) is 15.5 Å². The number of amides is 2. The van der Waals surface area contributed by atoms with E-state index >= 15 is 0 Å². The number of benzene rings is 1. The van der Waals surface area contributed by atoms with Gasteiger partial charge in [0.15, 0.2) is 0 Å². The summed E-state index contributed by atoms with van der Waals surface area (Å²) in [5.41, 5.74) is 3.57. The second-order valence-electron chi connectivity index (χ2n) is 6.27. The average molecular weight is 345 g/mol. The summed E-state index contributed by atoms with van der Waals surface area (Å²) in [7, 11) is 1.97. The van der Waals surface area contributed by atoms with E-state index in [1.807, 2.05) is 26.1 Å². The molecule has 6 heteroatoms. The van der Waals surface area contributed by atoms with Gasteiger partial charge in [-0.05, 0) is 38.4 Å².